The molecule has 2 N–H and O–H groups in total. The summed E-state index contributed by atoms with van der Waals surface area (Å²) in [4.78, 5) is 24.5. The van der Waals surface area contributed by atoms with Crippen LogP contribution in [0.25, 0.3) is 16.9 Å². The van der Waals surface area contributed by atoms with Gasteiger partial charge in [-0.15, -0.1) is 0 Å². The lowest BCUT2D eigenvalue weighted by Gasteiger charge is -2.10. The predicted octanol–water partition coefficient (Wildman–Crippen LogP) is 2.70. The summed E-state index contributed by atoms with van der Waals surface area (Å²) in [5, 5.41) is 0. The first-order valence-electron chi connectivity index (χ1n) is 7.47. The van der Waals surface area contributed by atoms with Gasteiger partial charge in [0.1, 0.15) is 11.6 Å². The molecule has 128 valence electrons. The van der Waals surface area contributed by atoms with Crippen LogP contribution in [0.2, 0.25) is 0 Å². The number of carbonyl (C=O) groups excluding carboxylic acids is 1. The smallest absolute Gasteiger partial charge is 0.340 e. The molecule has 0 aliphatic carbocycles. The number of halogens is 1. The van der Waals surface area contributed by atoms with Crippen molar-refractivity contribution in [3.8, 4) is 22.7 Å². The third kappa shape index (κ3) is 2.91. The van der Waals surface area contributed by atoms with Crippen LogP contribution in [0.3, 0.4) is 0 Å². The lowest BCUT2D eigenvalue weighted by Crippen LogP contribution is -2.26. The Kier molecular flexibility index (Phi) is 4.14. The van der Waals surface area contributed by atoms with E-state index in [4.69, 9.17) is 10.5 Å². The maximum atomic E-state index is 13.6. The third-order valence-corrected chi connectivity index (χ3v) is 3.82. The van der Waals surface area contributed by atoms with Crippen molar-refractivity contribution in [3.63, 3.8) is 0 Å². The summed E-state index contributed by atoms with van der Waals surface area (Å²) in [6.45, 7) is 1.28. The van der Waals surface area contributed by atoms with E-state index in [2.05, 4.69) is 0 Å². The number of hydrogen-bond acceptors (Lipinski definition) is 4. The highest BCUT2D eigenvalue weighted by molar-refractivity contribution is 5.78. The van der Waals surface area contributed by atoms with E-state index in [-0.39, 0.29) is 0 Å². The van der Waals surface area contributed by atoms with Crippen molar-refractivity contribution in [2.24, 2.45) is 0 Å². The SMILES string of the molecule is COc1ccc(-n2c(-c3cccc(F)c3)cn(C(C)=O)c2=O)cc1N. The molecule has 25 heavy (non-hydrogen) atoms. The molecular weight excluding hydrogens is 325 g/mol. The van der Waals surface area contributed by atoms with Crippen LogP contribution in [0.15, 0.2) is 53.5 Å². The Labute approximate surface area is 142 Å². The minimum Gasteiger partial charge on any atom is -0.495 e. The summed E-state index contributed by atoms with van der Waals surface area (Å²) < 4.78 is 21.0. The van der Waals surface area contributed by atoms with Crippen molar-refractivity contribution in [1.82, 2.24) is 9.13 Å². The van der Waals surface area contributed by atoms with Crippen LogP contribution in [0.1, 0.15) is 11.7 Å². The summed E-state index contributed by atoms with van der Waals surface area (Å²) in [6.07, 6.45) is 1.39. The van der Waals surface area contributed by atoms with Crippen LogP contribution in [-0.4, -0.2) is 22.2 Å². The molecule has 3 aromatic rings. The van der Waals surface area contributed by atoms with Crippen LogP contribution < -0.4 is 16.2 Å². The molecular formula is C18H16FN3O3. The Bertz CT molecular complexity index is 1020. The zero-order chi connectivity index (χ0) is 18.1. The maximum absolute atomic E-state index is 13.6. The predicted molar refractivity (Wildman–Crippen MR) is 92.7 cm³/mol. The summed E-state index contributed by atoms with van der Waals surface area (Å²) in [6, 6.07) is 10.6. The van der Waals surface area contributed by atoms with Gasteiger partial charge >= 0.3 is 5.69 Å². The number of aromatic nitrogens is 2. The Morgan fingerprint density at radius 1 is 1.20 bits per heavy atom. The number of benzene rings is 2. The third-order valence-electron chi connectivity index (χ3n) is 3.82. The first kappa shape index (κ1) is 16.5. The number of nitrogens with two attached hydrogens (primary N) is 1. The Balaban J connectivity index is 2.30. The van der Waals surface area contributed by atoms with E-state index >= 15 is 0 Å². The van der Waals surface area contributed by atoms with Gasteiger partial charge < -0.3 is 10.5 Å². The van der Waals surface area contributed by atoms with Gasteiger partial charge in [-0.05, 0) is 30.3 Å². The van der Waals surface area contributed by atoms with Crippen molar-refractivity contribution in [3.05, 3.63) is 65.0 Å². The molecule has 1 heterocycles. The number of rotatable bonds is 3. The monoisotopic (exact) mass is 341 g/mol. The second-order valence-corrected chi connectivity index (χ2v) is 5.46. The summed E-state index contributed by atoms with van der Waals surface area (Å²) in [5.74, 6) is -0.417. The van der Waals surface area contributed by atoms with Crippen LogP contribution in [0.4, 0.5) is 10.1 Å². The zero-order valence-corrected chi connectivity index (χ0v) is 13.7. The molecule has 0 amide bonds. The zero-order valence-electron chi connectivity index (χ0n) is 13.7. The van der Waals surface area contributed by atoms with Gasteiger partial charge in [0.25, 0.3) is 0 Å². The number of carbonyl (C=O) groups is 1. The number of nitrogens with zero attached hydrogens (tertiary/aromatic N) is 2. The summed E-state index contributed by atoms with van der Waals surface area (Å²) in [5.41, 5.74) is 7.00. The van der Waals surface area contributed by atoms with Crippen LogP contribution in [0.5, 0.6) is 5.75 Å². The van der Waals surface area contributed by atoms with Gasteiger partial charge in [-0.3, -0.25) is 9.36 Å². The van der Waals surface area contributed by atoms with Crippen LogP contribution in [0, 0.1) is 5.82 Å². The van der Waals surface area contributed by atoms with Crippen molar-refractivity contribution < 1.29 is 13.9 Å². The molecule has 0 bridgehead atoms. The molecule has 0 unspecified atom stereocenters. The molecule has 2 aromatic carbocycles. The molecule has 0 fully saturated rings. The van der Waals surface area contributed by atoms with Crippen molar-refractivity contribution >= 4 is 11.6 Å². The second-order valence-electron chi connectivity index (χ2n) is 5.46. The fourth-order valence-electron chi connectivity index (χ4n) is 2.63. The second kappa shape index (κ2) is 6.27. The lowest BCUT2D eigenvalue weighted by atomic mass is 10.1. The highest BCUT2D eigenvalue weighted by atomic mass is 19.1. The molecule has 0 aliphatic rings. The summed E-state index contributed by atoms with van der Waals surface area (Å²) >= 11 is 0. The van der Waals surface area contributed by atoms with Gasteiger partial charge in [0.15, 0.2) is 0 Å². The van der Waals surface area contributed by atoms with Crippen LogP contribution in [-0.2, 0) is 0 Å². The maximum Gasteiger partial charge on any atom is 0.340 e. The molecule has 0 aliphatic heterocycles. The standard InChI is InChI=1S/C18H16FN3O3/c1-11(23)21-10-16(12-4-3-5-13(19)8-12)22(18(21)24)14-6-7-17(25-2)15(20)9-14/h3-10H,20H2,1-2H3. The first-order chi connectivity index (χ1) is 11.9. The van der Waals surface area contributed by atoms with Gasteiger partial charge in [-0.2, -0.15) is 0 Å². The molecule has 0 atom stereocenters. The van der Waals surface area contributed by atoms with E-state index in [9.17, 15) is 14.0 Å². The average Bonchev–Trinajstić information content (AvgIpc) is 2.92. The molecule has 7 heteroatoms. The Morgan fingerprint density at radius 2 is 1.96 bits per heavy atom. The van der Waals surface area contributed by atoms with E-state index in [0.717, 1.165) is 4.57 Å². The van der Waals surface area contributed by atoms with E-state index in [1.165, 1.54) is 43.0 Å². The normalized spacial score (nSPS) is 10.7. The van der Waals surface area contributed by atoms with Crippen molar-refractivity contribution in [1.29, 1.82) is 0 Å². The van der Waals surface area contributed by atoms with Gasteiger partial charge in [-0.25, -0.2) is 13.8 Å². The molecule has 0 spiro atoms. The fraction of sp³-hybridized carbons (Fsp3) is 0.111. The van der Waals surface area contributed by atoms with E-state index in [0.29, 0.717) is 28.4 Å². The molecule has 0 radical (unpaired) electrons. The van der Waals surface area contributed by atoms with E-state index in [1.54, 1.807) is 24.3 Å². The van der Waals surface area contributed by atoms with E-state index in [1.807, 2.05) is 0 Å². The average molecular weight is 341 g/mol. The highest BCUT2D eigenvalue weighted by Gasteiger charge is 2.18. The Morgan fingerprint density at radius 3 is 2.56 bits per heavy atom. The van der Waals surface area contributed by atoms with Gasteiger partial charge in [0.2, 0.25) is 5.91 Å². The highest BCUT2D eigenvalue weighted by Crippen LogP contribution is 2.27. The van der Waals surface area contributed by atoms with Crippen LogP contribution >= 0.6 is 0 Å². The lowest BCUT2D eigenvalue weighted by molar-refractivity contribution is 0.0932. The molecule has 1 aromatic heterocycles. The number of imidazole rings is 1. The van der Waals surface area contributed by atoms with Gasteiger partial charge in [0.05, 0.1) is 24.2 Å². The molecule has 3 rings (SSSR count). The van der Waals surface area contributed by atoms with E-state index < -0.39 is 17.4 Å². The molecule has 6 nitrogen and oxygen atoms in total. The number of nitrogen functional groups attached to an aromatic ring is 1. The molecule has 0 saturated heterocycles. The first-order valence-corrected chi connectivity index (χ1v) is 7.47. The van der Waals surface area contributed by atoms with Gasteiger partial charge in [0, 0.05) is 18.7 Å². The number of hydrogen-bond donors (Lipinski definition) is 1. The van der Waals surface area contributed by atoms with Gasteiger partial charge in [-0.1, -0.05) is 12.1 Å². The quantitative estimate of drug-likeness (QED) is 0.743. The largest absolute Gasteiger partial charge is 0.495 e. The minimum absolute atomic E-state index is 0.340. The molecule has 0 saturated carbocycles. The minimum atomic E-state index is -0.559. The topological polar surface area (TPSA) is 79.2 Å². The number of ether oxygens (including phenoxy) is 1. The fourth-order valence-corrected chi connectivity index (χ4v) is 2.63. The number of anilines is 1. The Hall–Kier alpha value is -3.35. The number of methoxy groups -OCH3 is 1. The van der Waals surface area contributed by atoms with Crippen molar-refractivity contribution in [2.75, 3.05) is 12.8 Å². The van der Waals surface area contributed by atoms with Crippen molar-refractivity contribution in [2.45, 2.75) is 6.92 Å². The summed E-state index contributed by atoms with van der Waals surface area (Å²) in [7, 11) is 1.49.